The first-order chi connectivity index (χ1) is 9.03. The first-order valence-electron chi connectivity index (χ1n) is 6.46. The molecule has 1 fully saturated rings. The summed E-state index contributed by atoms with van der Waals surface area (Å²) in [5.41, 5.74) is 7.03. The second-order valence-corrected chi connectivity index (χ2v) is 7.23. The Morgan fingerprint density at radius 2 is 1.84 bits per heavy atom. The van der Waals surface area contributed by atoms with Gasteiger partial charge in [-0.05, 0) is 30.5 Å². The SMILES string of the molecule is N[C@@H]1CCCC[C@H]1NS(=O)(=O)c1ccc(CBr)cc1. The maximum absolute atomic E-state index is 12.3. The maximum atomic E-state index is 12.3. The van der Waals surface area contributed by atoms with E-state index in [-0.39, 0.29) is 12.1 Å². The zero-order valence-corrected chi connectivity index (χ0v) is 13.1. The molecule has 0 aliphatic heterocycles. The molecular formula is C13H19BrN2O2S. The topological polar surface area (TPSA) is 72.2 Å². The van der Waals surface area contributed by atoms with E-state index in [9.17, 15) is 8.42 Å². The van der Waals surface area contributed by atoms with Gasteiger partial charge in [0.05, 0.1) is 4.90 Å². The summed E-state index contributed by atoms with van der Waals surface area (Å²) in [6.45, 7) is 0. The Labute approximate surface area is 122 Å². The van der Waals surface area contributed by atoms with Crippen LogP contribution in [-0.4, -0.2) is 20.5 Å². The number of alkyl halides is 1. The summed E-state index contributed by atoms with van der Waals surface area (Å²) in [5.74, 6) is 0. The van der Waals surface area contributed by atoms with Crippen molar-refractivity contribution >= 4 is 26.0 Å². The summed E-state index contributed by atoms with van der Waals surface area (Å²) in [5, 5.41) is 0.717. The first kappa shape index (κ1) is 15.0. The van der Waals surface area contributed by atoms with E-state index in [4.69, 9.17) is 5.73 Å². The highest BCUT2D eigenvalue weighted by molar-refractivity contribution is 9.08. The van der Waals surface area contributed by atoms with Gasteiger partial charge < -0.3 is 5.73 Å². The van der Waals surface area contributed by atoms with Gasteiger partial charge in [0.1, 0.15) is 0 Å². The minimum atomic E-state index is -3.46. The van der Waals surface area contributed by atoms with Gasteiger partial charge in [0, 0.05) is 17.4 Å². The molecule has 2 rings (SSSR count). The van der Waals surface area contributed by atoms with E-state index >= 15 is 0 Å². The number of hydrogen-bond acceptors (Lipinski definition) is 3. The van der Waals surface area contributed by atoms with Crippen LogP contribution in [-0.2, 0) is 15.4 Å². The van der Waals surface area contributed by atoms with Crippen molar-refractivity contribution in [2.45, 2.75) is 48.0 Å². The van der Waals surface area contributed by atoms with E-state index in [1.54, 1.807) is 12.1 Å². The molecule has 0 spiro atoms. The molecule has 1 aliphatic rings. The minimum absolute atomic E-state index is 0.0784. The molecule has 19 heavy (non-hydrogen) atoms. The fraction of sp³-hybridized carbons (Fsp3) is 0.538. The van der Waals surface area contributed by atoms with Crippen molar-refractivity contribution in [3.63, 3.8) is 0 Å². The maximum Gasteiger partial charge on any atom is 0.240 e. The van der Waals surface area contributed by atoms with Gasteiger partial charge in [-0.15, -0.1) is 0 Å². The molecular weight excluding hydrogens is 328 g/mol. The van der Waals surface area contributed by atoms with Crippen LogP contribution in [0.25, 0.3) is 0 Å². The van der Waals surface area contributed by atoms with Crippen LogP contribution >= 0.6 is 15.9 Å². The third kappa shape index (κ3) is 3.78. The second kappa shape index (κ2) is 6.35. The van der Waals surface area contributed by atoms with Crippen LogP contribution in [0.3, 0.4) is 0 Å². The van der Waals surface area contributed by atoms with Crippen molar-refractivity contribution in [1.82, 2.24) is 4.72 Å². The van der Waals surface area contributed by atoms with Gasteiger partial charge in [-0.1, -0.05) is 40.9 Å². The van der Waals surface area contributed by atoms with Gasteiger partial charge in [0.2, 0.25) is 10.0 Å². The molecule has 6 heteroatoms. The lowest BCUT2D eigenvalue weighted by atomic mass is 9.92. The molecule has 0 bridgehead atoms. The number of sulfonamides is 1. The molecule has 0 radical (unpaired) electrons. The van der Waals surface area contributed by atoms with E-state index in [2.05, 4.69) is 20.7 Å². The predicted molar refractivity (Wildman–Crippen MR) is 79.6 cm³/mol. The van der Waals surface area contributed by atoms with E-state index in [1.165, 1.54) is 0 Å². The fourth-order valence-electron chi connectivity index (χ4n) is 2.33. The molecule has 1 aromatic carbocycles. The average Bonchev–Trinajstić information content (AvgIpc) is 2.41. The number of halogens is 1. The molecule has 106 valence electrons. The van der Waals surface area contributed by atoms with Crippen molar-refractivity contribution in [3.05, 3.63) is 29.8 Å². The molecule has 0 amide bonds. The Morgan fingerprint density at radius 1 is 1.21 bits per heavy atom. The summed E-state index contributed by atoms with van der Waals surface area (Å²) < 4.78 is 27.3. The molecule has 0 heterocycles. The van der Waals surface area contributed by atoms with Crippen molar-refractivity contribution in [2.75, 3.05) is 0 Å². The van der Waals surface area contributed by atoms with E-state index in [1.807, 2.05) is 12.1 Å². The Bertz CT molecular complexity index is 516. The van der Waals surface area contributed by atoms with Crippen LogP contribution in [0.15, 0.2) is 29.2 Å². The molecule has 4 nitrogen and oxygen atoms in total. The molecule has 1 aliphatic carbocycles. The third-order valence-electron chi connectivity index (χ3n) is 3.51. The number of benzene rings is 1. The van der Waals surface area contributed by atoms with Gasteiger partial charge in [-0.2, -0.15) is 0 Å². The Kier molecular flexibility index (Phi) is 5.00. The molecule has 0 aromatic heterocycles. The number of nitrogens with one attached hydrogen (secondary N) is 1. The lowest BCUT2D eigenvalue weighted by molar-refractivity contribution is 0.361. The van der Waals surface area contributed by atoms with Crippen LogP contribution in [0, 0.1) is 0 Å². The second-order valence-electron chi connectivity index (χ2n) is 4.95. The largest absolute Gasteiger partial charge is 0.326 e. The Hall–Kier alpha value is -0.430. The highest BCUT2D eigenvalue weighted by Crippen LogP contribution is 2.20. The van der Waals surface area contributed by atoms with Crippen molar-refractivity contribution in [1.29, 1.82) is 0 Å². The third-order valence-corrected chi connectivity index (χ3v) is 5.67. The lowest BCUT2D eigenvalue weighted by Crippen LogP contribution is -2.49. The smallest absolute Gasteiger partial charge is 0.240 e. The van der Waals surface area contributed by atoms with Crippen LogP contribution in [0.4, 0.5) is 0 Å². The molecule has 0 saturated heterocycles. The van der Waals surface area contributed by atoms with Gasteiger partial charge in [-0.25, -0.2) is 13.1 Å². The summed E-state index contributed by atoms with van der Waals surface area (Å²) in [7, 11) is -3.46. The zero-order valence-electron chi connectivity index (χ0n) is 10.7. The monoisotopic (exact) mass is 346 g/mol. The fourth-order valence-corrected chi connectivity index (χ4v) is 4.03. The molecule has 2 atom stereocenters. The van der Waals surface area contributed by atoms with Gasteiger partial charge in [-0.3, -0.25) is 0 Å². The van der Waals surface area contributed by atoms with E-state index in [0.717, 1.165) is 31.2 Å². The summed E-state index contributed by atoms with van der Waals surface area (Å²) in [6.07, 6.45) is 3.82. The Morgan fingerprint density at radius 3 is 2.42 bits per heavy atom. The average molecular weight is 347 g/mol. The van der Waals surface area contributed by atoms with Crippen LogP contribution in [0.5, 0.6) is 0 Å². The van der Waals surface area contributed by atoms with Gasteiger partial charge in [0.25, 0.3) is 0 Å². The van der Waals surface area contributed by atoms with Crippen molar-refractivity contribution in [2.24, 2.45) is 5.73 Å². The minimum Gasteiger partial charge on any atom is -0.326 e. The number of hydrogen-bond donors (Lipinski definition) is 2. The molecule has 0 unspecified atom stereocenters. The standard InChI is InChI=1S/C13H19BrN2O2S/c14-9-10-5-7-11(8-6-10)19(17,18)16-13-4-2-1-3-12(13)15/h5-8,12-13,16H,1-4,9,15H2/t12-,13-/m1/s1. The van der Waals surface area contributed by atoms with Crippen molar-refractivity contribution < 1.29 is 8.42 Å². The normalized spacial score (nSPS) is 24.3. The first-order valence-corrected chi connectivity index (χ1v) is 9.06. The van der Waals surface area contributed by atoms with E-state index in [0.29, 0.717) is 10.2 Å². The van der Waals surface area contributed by atoms with Crippen molar-refractivity contribution in [3.8, 4) is 0 Å². The van der Waals surface area contributed by atoms with Crippen LogP contribution < -0.4 is 10.5 Å². The zero-order chi connectivity index (χ0) is 13.9. The summed E-state index contributed by atoms with van der Waals surface area (Å²) in [4.78, 5) is 0.301. The van der Waals surface area contributed by atoms with E-state index < -0.39 is 10.0 Å². The number of rotatable bonds is 4. The summed E-state index contributed by atoms with van der Waals surface area (Å²) in [6, 6.07) is 6.66. The predicted octanol–water partition coefficient (Wildman–Crippen LogP) is 2.13. The summed E-state index contributed by atoms with van der Waals surface area (Å²) >= 11 is 3.34. The highest BCUT2D eigenvalue weighted by Gasteiger charge is 2.26. The van der Waals surface area contributed by atoms with Gasteiger partial charge >= 0.3 is 0 Å². The molecule has 3 N–H and O–H groups in total. The van der Waals surface area contributed by atoms with Gasteiger partial charge in [0.15, 0.2) is 0 Å². The van der Waals surface area contributed by atoms with Crippen LogP contribution in [0.1, 0.15) is 31.2 Å². The molecule has 1 aromatic rings. The lowest BCUT2D eigenvalue weighted by Gasteiger charge is -2.29. The number of nitrogens with two attached hydrogens (primary N) is 1. The quantitative estimate of drug-likeness (QED) is 0.820. The highest BCUT2D eigenvalue weighted by atomic mass is 79.9. The Balaban J connectivity index is 2.12. The van der Waals surface area contributed by atoms with Crippen LogP contribution in [0.2, 0.25) is 0 Å². The molecule has 1 saturated carbocycles.